The van der Waals surface area contributed by atoms with Crippen molar-refractivity contribution in [3.8, 4) is 11.5 Å². The molecule has 2 rings (SSSR count). The van der Waals surface area contributed by atoms with E-state index in [1.54, 1.807) is 24.5 Å². The van der Waals surface area contributed by atoms with E-state index < -0.39 is 0 Å². The van der Waals surface area contributed by atoms with Crippen LogP contribution in [0.4, 0.5) is 0 Å². The number of pyridine rings is 2. The van der Waals surface area contributed by atoms with Crippen molar-refractivity contribution in [2.45, 2.75) is 6.92 Å². The van der Waals surface area contributed by atoms with Gasteiger partial charge in [0.15, 0.2) is 0 Å². The number of ether oxygens (including phenoxy) is 1. The van der Waals surface area contributed by atoms with Gasteiger partial charge in [-0.25, -0.2) is 0 Å². The number of aryl methyl sites for hydroxylation is 1. The van der Waals surface area contributed by atoms with Crippen LogP contribution in [0, 0.1) is 6.92 Å². The molecule has 0 aliphatic carbocycles. The molecule has 0 unspecified atom stereocenters. The molecule has 0 atom stereocenters. The molecule has 0 spiro atoms. The minimum absolute atomic E-state index is 0.248. The van der Waals surface area contributed by atoms with Crippen molar-refractivity contribution in [3.63, 3.8) is 0 Å². The molecule has 2 aromatic heterocycles. The van der Waals surface area contributed by atoms with Gasteiger partial charge in [0.2, 0.25) is 0 Å². The Morgan fingerprint density at radius 3 is 2.71 bits per heavy atom. The number of aromatic nitrogens is 2. The summed E-state index contributed by atoms with van der Waals surface area (Å²) in [5.74, 6) is 1.30. The summed E-state index contributed by atoms with van der Waals surface area (Å²) >= 11 is 4.85. The highest BCUT2D eigenvalue weighted by Gasteiger charge is 2.02. The number of hydrogen-bond donors (Lipinski definition) is 1. The van der Waals surface area contributed by atoms with Crippen LogP contribution in [0.5, 0.6) is 11.5 Å². The minimum Gasteiger partial charge on any atom is -0.456 e. The van der Waals surface area contributed by atoms with Gasteiger partial charge < -0.3 is 10.5 Å². The lowest BCUT2D eigenvalue weighted by Crippen LogP contribution is -2.11. The van der Waals surface area contributed by atoms with Gasteiger partial charge in [-0.2, -0.15) is 0 Å². The van der Waals surface area contributed by atoms with Gasteiger partial charge in [-0.15, -0.1) is 0 Å². The van der Waals surface area contributed by atoms with E-state index in [1.165, 1.54) is 0 Å². The number of thiocarbonyl (C=S) groups is 1. The van der Waals surface area contributed by atoms with Crippen LogP contribution < -0.4 is 10.5 Å². The van der Waals surface area contributed by atoms with Crippen LogP contribution in [0.25, 0.3) is 0 Å². The van der Waals surface area contributed by atoms with Crippen molar-refractivity contribution < 1.29 is 4.74 Å². The monoisotopic (exact) mass is 245 g/mol. The molecule has 2 heterocycles. The first kappa shape index (κ1) is 11.5. The molecule has 0 fully saturated rings. The molecule has 0 radical (unpaired) electrons. The van der Waals surface area contributed by atoms with E-state index in [1.807, 2.05) is 19.1 Å². The quantitative estimate of drug-likeness (QED) is 0.840. The van der Waals surface area contributed by atoms with Crippen LogP contribution in [0.3, 0.4) is 0 Å². The second-order valence-electron chi connectivity index (χ2n) is 3.48. The fourth-order valence-electron chi connectivity index (χ4n) is 1.26. The maximum atomic E-state index is 5.61. The SMILES string of the molecule is Cc1ccc(Oc2ccnc(C(N)=S)c2)cn1. The van der Waals surface area contributed by atoms with Gasteiger partial charge >= 0.3 is 0 Å². The summed E-state index contributed by atoms with van der Waals surface area (Å²) in [6.07, 6.45) is 3.27. The Morgan fingerprint density at radius 1 is 1.24 bits per heavy atom. The third-order valence-corrected chi connectivity index (χ3v) is 2.31. The highest BCUT2D eigenvalue weighted by Crippen LogP contribution is 2.20. The van der Waals surface area contributed by atoms with Gasteiger partial charge in [0.05, 0.1) is 6.20 Å². The summed E-state index contributed by atoms with van der Waals surface area (Å²) in [5.41, 5.74) is 6.98. The predicted octanol–water partition coefficient (Wildman–Crippen LogP) is 2.21. The van der Waals surface area contributed by atoms with Crippen LogP contribution in [-0.2, 0) is 0 Å². The van der Waals surface area contributed by atoms with E-state index in [4.69, 9.17) is 22.7 Å². The third kappa shape index (κ3) is 2.98. The Balaban J connectivity index is 2.21. The first-order chi connectivity index (χ1) is 8.15. The third-order valence-electron chi connectivity index (χ3n) is 2.10. The maximum absolute atomic E-state index is 5.61. The number of hydrogen-bond acceptors (Lipinski definition) is 4. The Kier molecular flexibility index (Phi) is 3.30. The second kappa shape index (κ2) is 4.88. The zero-order chi connectivity index (χ0) is 12.3. The molecular weight excluding hydrogens is 234 g/mol. The summed E-state index contributed by atoms with van der Waals surface area (Å²) in [7, 11) is 0. The molecule has 0 aromatic carbocycles. The van der Waals surface area contributed by atoms with Crippen molar-refractivity contribution in [3.05, 3.63) is 48.0 Å². The van der Waals surface area contributed by atoms with Crippen LogP contribution >= 0.6 is 12.2 Å². The zero-order valence-electron chi connectivity index (χ0n) is 9.25. The first-order valence-corrected chi connectivity index (χ1v) is 5.42. The summed E-state index contributed by atoms with van der Waals surface area (Å²) in [4.78, 5) is 8.42. The summed E-state index contributed by atoms with van der Waals surface area (Å²) in [6.45, 7) is 1.92. The fraction of sp³-hybridized carbons (Fsp3) is 0.0833. The average Bonchev–Trinajstić information content (AvgIpc) is 2.32. The highest BCUT2D eigenvalue weighted by molar-refractivity contribution is 7.80. The molecule has 4 nitrogen and oxygen atoms in total. The number of rotatable bonds is 3. The van der Waals surface area contributed by atoms with Crippen LogP contribution in [0.2, 0.25) is 0 Å². The summed E-state index contributed by atoms with van der Waals surface area (Å²) in [6, 6.07) is 7.16. The maximum Gasteiger partial charge on any atom is 0.145 e. The smallest absolute Gasteiger partial charge is 0.145 e. The van der Waals surface area contributed by atoms with E-state index in [2.05, 4.69) is 9.97 Å². The molecule has 2 N–H and O–H groups in total. The topological polar surface area (TPSA) is 61.0 Å². The van der Waals surface area contributed by atoms with E-state index >= 15 is 0 Å². The standard InChI is InChI=1S/C12H11N3OS/c1-8-2-3-10(7-15-8)16-9-4-5-14-11(6-9)12(13)17/h2-7H,1H3,(H2,13,17). The molecule has 0 saturated carbocycles. The van der Waals surface area contributed by atoms with Crippen LogP contribution in [0.15, 0.2) is 36.7 Å². The van der Waals surface area contributed by atoms with Crippen LogP contribution in [0.1, 0.15) is 11.4 Å². The second-order valence-corrected chi connectivity index (χ2v) is 3.92. The van der Waals surface area contributed by atoms with Gasteiger partial charge in [-0.1, -0.05) is 12.2 Å². The molecule has 0 amide bonds. The van der Waals surface area contributed by atoms with Crippen LogP contribution in [-0.4, -0.2) is 15.0 Å². The molecular formula is C12H11N3OS. The fourth-order valence-corrected chi connectivity index (χ4v) is 1.37. The predicted molar refractivity (Wildman–Crippen MR) is 69.2 cm³/mol. The van der Waals surface area contributed by atoms with Gasteiger partial charge in [0, 0.05) is 18.0 Å². The Morgan fingerprint density at radius 2 is 2.06 bits per heavy atom. The van der Waals surface area contributed by atoms with Gasteiger partial charge in [0.1, 0.15) is 22.2 Å². The molecule has 0 saturated heterocycles. The summed E-state index contributed by atoms with van der Waals surface area (Å²) < 4.78 is 5.61. The zero-order valence-corrected chi connectivity index (χ0v) is 10.1. The lowest BCUT2D eigenvalue weighted by molar-refractivity contribution is 0.479. The van der Waals surface area contributed by atoms with Crippen molar-refractivity contribution in [2.24, 2.45) is 5.73 Å². The average molecular weight is 245 g/mol. The largest absolute Gasteiger partial charge is 0.456 e. The number of nitrogens with two attached hydrogens (primary N) is 1. The Labute approximate surface area is 104 Å². The molecule has 0 aliphatic heterocycles. The Hall–Kier alpha value is -2.01. The molecule has 0 aliphatic rings. The molecule has 17 heavy (non-hydrogen) atoms. The molecule has 0 bridgehead atoms. The lowest BCUT2D eigenvalue weighted by atomic mass is 10.3. The Bertz CT molecular complexity index is 540. The van der Waals surface area contributed by atoms with Crippen molar-refractivity contribution in [1.29, 1.82) is 0 Å². The van der Waals surface area contributed by atoms with E-state index in [0.29, 0.717) is 17.2 Å². The van der Waals surface area contributed by atoms with Crippen molar-refractivity contribution >= 4 is 17.2 Å². The van der Waals surface area contributed by atoms with Gasteiger partial charge in [-0.05, 0) is 25.1 Å². The lowest BCUT2D eigenvalue weighted by Gasteiger charge is -2.06. The van der Waals surface area contributed by atoms with Crippen molar-refractivity contribution in [2.75, 3.05) is 0 Å². The number of nitrogens with zero attached hydrogens (tertiary/aromatic N) is 2. The minimum atomic E-state index is 0.248. The van der Waals surface area contributed by atoms with Gasteiger partial charge in [0.25, 0.3) is 0 Å². The van der Waals surface area contributed by atoms with Gasteiger partial charge in [-0.3, -0.25) is 9.97 Å². The van der Waals surface area contributed by atoms with E-state index in [-0.39, 0.29) is 4.99 Å². The van der Waals surface area contributed by atoms with Crippen molar-refractivity contribution in [1.82, 2.24) is 9.97 Å². The normalized spacial score (nSPS) is 9.94. The first-order valence-electron chi connectivity index (χ1n) is 5.01. The highest BCUT2D eigenvalue weighted by atomic mass is 32.1. The summed E-state index contributed by atoms with van der Waals surface area (Å²) in [5, 5.41) is 0. The molecule has 86 valence electrons. The molecule has 5 heteroatoms. The molecule has 2 aromatic rings. The van der Waals surface area contributed by atoms with E-state index in [0.717, 1.165) is 5.69 Å². The van der Waals surface area contributed by atoms with E-state index in [9.17, 15) is 0 Å².